The summed E-state index contributed by atoms with van der Waals surface area (Å²) in [6.07, 6.45) is 7.04. The average Bonchev–Trinajstić information content (AvgIpc) is 3.15. The Morgan fingerprint density at radius 1 is 1.08 bits per heavy atom. The molecule has 4 aliphatic carbocycles. The molecule has 206 valence electrons. The Hall–Kier alpha value is -1.23. The van der Waals surface area contributed by atoms with Crippen LogP contribution in [0.15, 0.2) is 0 Å². The fourth-order valence-electron chi connectivity index (χ4n) is 9.23. The normalized spacial score (nSPS) is 43.1. The van der Waals surface area contributed by atoms with E-state index in [9.17, 15) is 23.1 Å². The molecule has 0 aliphatic heterocycles. The highest BCUT2D eigenvalue weighted by Gasteiger charge is 2.63. The predicted octanol–water partition coefficient (Wildman–Crippen LogP) is 3.42. The Morgan fingerprint density at radius 2 is 1.81 bits per heavy atom. The lowest BCUT2D eigenvalue weighted by Crippen LogP contribution is -2.59. The third-order valence-electron chi connectivity index (χ3n) is 11.0. The third kappa shape index (κ3) is 5.20. The summed E-state index contributed by atoms with van der Waals surface area (Å²) in [5.41, 5.74) is -0.178. The van der Waals surface area contributed by atoms with Gasteiger partial charge in [-0.15, -0.1) is 0 Å². The van der Waals surface area contributed by atoms with E-state index in [4.69, 9.17) is 13.8 Å². The minimum Gasteiger partial charge on any atom is -0.480 e. The third-order valence-corrected chi connectivity index (χ3v) is 11.5. The van der Waals surface area contributed by atoms with Crippen LogP contribution >= 0.6 is 0 Å². The van der Waals surface area contributed by atoms with Gasteiger partial charge in [0.2, 0.25) is 5.91 Å². The van der Waals surface area contributed by atoms with Crippen LogP contribution in [0.3, 0.4) is 0 Å². The van der Waals surface area contributed by atoms with Gasteiger partial charge in [-0.1, -0.05) is 20.8 Å². The highest BCUT2D eigenvalue weighted by atomic mass is 32.3. The second kappa shape index (κ2) is 10.2. The summed E-state index contributed by atoms with van der Waals surface area (Å²) in [6.45, 7) is 6.37. The standard InChI is InChI=1S/C26H43NO8S/c1-15(4-9-23(29)27-14-24(30)31)19-7-8-20-18-6-5-16-12-17(35-36(32,33)34)10-11-25(16,2)21(18)13-22(28)26(19,20)3/h15-22,28H,4-14H2,1-3H3,(H,27,29)(H,30,31)(H,32,33,34)/t15-,16-,17+,18+,19-,20+,21+,22+,25+,26-/m1/s1. The van der Waals surface area contributed by atoms with Gasteiger partial charge in [0.25, 0.3) is 0 Å². The minimum atomic E-state index is -4.46. The molecule has 10 heteroatoms. The van der Waals surface area contributed by atoms with Crippen molar-refractivity contribution in [2.24, 2.45) is 46.3 Å². The molecule has 0 aromatic rings. The quantitative estimate of drug-likeness (QED) is 0.349. The molecule has 0 radical (unpaired) electrons. The first-order valence-electron chi connectivity index (χ1n) is 13.6. The molecule has 4 N–H and O–H groups in total. The van der Waals surface area contributed by atoms with Gasteiger partial charge in [-0.25, -0.2) is 4.18 Å². The number of aliphatic hydroxyl groups excluding tert-OH is 1. The number of carboxylic acids is 1. The first-order valence-corrected chi connectivity index (χ1v) is 14.9. The van der Waals surface area contributed by atoms with E-state index in [0.29, 0.717) is 55.3 Å². The first-order chi connectivity index (χ1) is 16.8. The maximum absolute atomic E-state index is 12.1. The Kier molecular flexibility index (Phi) is 7.84. The van der Waals surface area contributed by atoms with Crippen LogP contribution in [0, 0.1) is 46.3 Å². The largest absolute Gasteiger partial charge is 0.480 e. The van der Waals surface area contributed by atoms with Crippen molar-refractivity contribution in [3.05, 3.63) is 0 Å². The molecule has 0 aromatic heterocycles. The molecule has 4 saturated carbocycles. The van der Waals surface area contributed by atoms with Gasteiger partial charge in [0.15, 0.2) is 0 Å². The Morgan fingerprint density at radius 3 is 2.47 bits per heavy atom. The Balaban J connectivity index is 1.43. The summed E-state index contributed by atoms with van der Waals surface area (Å²) >= 11 is 0. The highest BCUT2D eigenvalue weighted by molar-refractivity contribution is 7.80. The summed E-state index contributed by atoms with van der Waals surface area (Å²) in [5.74, 6) is 0.914. The zero-order valence-corrected chi connectivity index (χ0v) is 22.5. The van der Waals surface area contributed by atoms with E-state index in [-0.39, 0.29) is 29.2 Å². The zero-order chi connectivity index (χ0) is 26.5. The van der Waals surface area contributed by atoms with E-state index in [1.165, 1.54) is 0 Å². The minimum absolute atomic E-state index is 0.0240. The van der Waals surface area contributed by atoms with Crippen LogP contribution in [0.25, 0.3) is 0 Å². The summed E-state index contributed by atoms with van der Waals surface area (Å²) in [5, 5.41) is 22.9. The highest BCUT2D eigenvalue weighted by Crippen LogP contribution is 2.68. The van der Waals surface area contributed by atoms with E-state index in [2.05, 4.69) is 26.1 Å². The molecule has 0 saturated heterocycles. The number of rotatable bonds is 8. The fourth-order valence-corrected chi connectivity index (χ4v) is 9.74. The number of aliphatic carboxylic acids is 1. The number of amides is 1. The number of hydrogen-bond donors (Lipinski definition) is 4. The van der Waals surface area contributed by atoms with Crippen molar-refractivity contribution in [2.45, 2.75) is 97.2 Å². The maximum atomic E-state index is 12.1. The molecular formula is C26H43NO8S. The van der Waals surface area contributed by atoms with Crippen molar-refractivity contribution in [2.75, 3.05) is 6.54 Å². The van der Waals surface area contributed by atoms with E-state index in [0.717, 1.165) is 38.5 Å². The van der Waals surface area contributed by atoms with E-state index in [1.54, 1.807) is 0 Å². The monoisotopic (exact) mass is 529 g/mol. The molecule has 0 bridgehead atoms. The first kappa shape index (κ1) is 27.8. The van der Waals surface area contributed by atoms with Gasteiger partial charge < -0.3 is 15.5 Å². The second-order valence-corrected chi connectivity index (χ2v) is 13.6. The van der Waals surface area contributed by atoms with Gasteiger partial charge in [-0.2, -0.15) is 8.42 Å². The lowest BCUT2D eigenvalue weighted by molar-refractivity contribution is -0.173. The van der Waals surface area contributed by atoms with E-state index >= 15 is 0 Å². The SMILES string of the molecule is C[C@H](CCC(=O)NCC(=O)O)[C@H]1CC[C@H]2[C@@H]3CC[C@@H]4C[C@@H](OS(=O)(=O)O)CC[C@]4(C)[C@H]3C[C@H](O)[C@]12C. The molecule has 4 aliphatic rings. The summed E-state index contributed by atoms with van der Waals surface area (Å²) in [4.78, 5) is 22.8. The molecule has 0 heterocycles. The lowest BCUT2D eigenvalue weighted by atomic mass is 9.43. The van der Waals surface area contributed by atoms with Crippen molar-refractivity contribution >= 4 is 22.3 Å². The van der Waals surface area contributed by atoms with Crippen molar-refractivity contribution < 1.29 is 37.0 Å². The molecule has 9 nitrogen and oxygen atoms in total. The molecule has 4 fully saturated rings. The van der Waals surface area contributed by atoms with Crippen molar-refractivity contribution in [1.82, 2.24) is 5.32 Å². The van der Waals surface area contributed by atoms with Crippen molar-refractivity contribution in [3.8, 4) is 0 Å². The maximum Gasteiger partial charge on any atom is 0.397 e. The molecule has 0 aromatic carbocycles. The van der Waals surface area contributed by atoms with Crippen molar-refractivity contribution in [3.63, 3.8) is 0 Å². The summed E-state index contributed by atoms with van der Waals surface area (Å²) in [6, 6.07) is 0. The molecule has 4 rings (SSSR count). The summed E-state index contributed by atoms with van der Waals surface area (Å²) in [7, 11) is -4.46. The molecule has 10 atom stereocenters. The fraction of sp³-hybridized carbons (Fsp3) is 0.923. The number of fused-ring (bicyclic) bond motifs is 5. The van der Waals surface area contributed by atoms with Crippen LogP contribution in [0.4, 0.5) is 0 Å². The van der Waals surface area contributed by atoms with Crippen molar-refractivity contribution in [1.29, 1.82) is 0 Å². The molecule has 1 amide bonds. The number of hydrogen-bond acceptors (Lipinski definition) is 6. The van der Waals surface area contributed by atoms with Gasteiger partial charge in [0, 0.05) is 6.42 Å². The molecule has 0 unspecified atom stereocenters. The van der Waals surface area contributed by atoms with Crippen LogP contribution in [0.2, 0.25) is 0 Å². The summed E-state index contributed by atoms with van der Waals surface area (Å²) < 4.78 is 36.6. The van der Waals surface area contributed by atoms with Gasteiger partial charge in [-0.05, 0) is 104 Å². The van der Waals surface area contributed by atoms with Gasteiger partial charge in [0.1, 0.15) is 6.54 Å². The van der Waals surface area contributed by atoms with Gasteiger partial charge in [0.05, 0.1) is 12.2 Å². The molecule has 36 heavy (non-hydrogen) atoms. The molecule has 0 spiro atoms. The number of carbonyl (C=O) groups is 2. The Bertz CT molecular complexity index is 956. The smallest absolute Gasteiger partial charge is 0.397 e. The van der Waals surface area contributed by atoms with Crippen LogP contribution in [0.5, 0.6) is 0 Å². The van der Waals surface area contributed by atoms with Gasteiger partial charge in [-0.3, -0.25) is 14.1 Å². The lowest BCUT2D eigenvalue weighted by Gasteiger charge is -2.62. The molecular weight excluding hydrogens is 486 g/mol. The van der Waals surface area contributed by atoms with Crippen LogP contribution in [0.1, 0.15) is 85.0 Å². The van der Waals surface area contributed by atoms with E-state index < -0.39 is 28.6 Å². The van der Waals surface area contributed by atoms with Gasteiger partial charge >= 0.3 is 16.4 Å². The van der Waals surface area contributed by atoms with Crippen LogP contribution in [-0.2, 0) is 24.2 Å². The number of aliphatic hydroxyl groups is 1. The topological polar surface area (TPSA) is 150 Å². The zero-order valence-electron chi connectivity index (χ0n) is 21.7. The van der Waals surface area contributed by atoms with E-state index in [1.807, 2.05) is 0 Å². The second-order valence-electron chi connectivity index (χ2n) is 12.6. The van der Waals surface area contributed by atoms with Crippen LogP contribution in [-0.4, -0.2) is 53.8 Å². The number of carboxylic acid groups (broad SMARTS) is 1. The number of carbonyl (C=O) groups excluding carboxylic acids is 1. The average molecular weight is 530 g/mol. The predicted molar refractivity (Wildman–Crippen MR) is 132 cm³/mol. The Labute approximate surface area is 214 Å². The van der Waals surface area contributed by atoms with Crippen LogP contribution < -0.4 is 5.32 Å². The number of nitrogens with one attached hydrogen (secondary N) is 1.